The predicted octanol–water partition coefficient (Wildman–Crippen LogP) is 2.49. The van der Waals surface area contributed by atoms with Crippen LogP contribution in [0.2, 0.25) is 0 Å². The zero-order valence-corrected chi connectivity index (χ0v) is 7.22. The minimum absolute atomic E-state index is 0.487. The first-order valence-electron chi connectivity index (χ1n) is 3.34. The Bertz CT molecular complexity index is 253. The number of hydrogen-bond donors (Lipinski definition) is 1. The van der Waals surface area contributed by atoms with Crippen molar-refractivity contribution in [1.82, 2.24) is 5.32 Å². The Hall–Kier alpha value is -0.550. The number of thiophene rings is 1. The fraction of sp³-hybridized carbons (Fsp3) is 0.429. The van der Waals surface area contributed by atoms with Crippen LogP contribution in [0.15, 0.2) is 12.1 Å². The third kappa shape index (κ3) is 2.22. The summed E-state index contributed by atoms with van der Waals surface area (Å²) in [6.07, 6.45) is -4.20. The molecule has 0 bridgehead atoms. The quantitative estimate of drug-likeness (QED) is 0.764. The van der Waals surface area contributed by atoms with E-state index in [0.717, 1.165) is 17.4 Å². The van der Waals surface area contributed by atoms with Crippen LogP contribution in [0.25, 0.3) is 0 Å². The van der Waals surface area contributed by atoms with Crippen molar-refractivity contribution in [2.45, 2.75) is 12.7 Å². The van der Waals surface area contributed by atoms with E-state index >= 15 is 0 Å². The average Bonchev–Trinajstić information content (AvgIpc) is 2.35. The molecule has 0 saturated carbocycles. The highest BCUT2D eigenvalue weighted by Crippen LogP contribution is 2.34. The highest BCUT2D eigenvalue weighted by atomic mass is 32.1. The summed E-state index contributed by atoms with van der Waals surface area (Å²) in [6.45, 7) is 0.487. The summed E-state index contributed by atoms with van der Waals surface area (Å²) in [7, 11) is 1.70. The van der Waals surface area contributed by atoms with Gasteiger partial charge in [-0.05, 0) is 19.2 Å². The van der Waals surface area contributed by atoms with Crippen molar-refractivity contribution in [2.24, 2.45) is 0 Å². The van der Waals surface area contributed by atoms with Crippen LogP contribution in [0.3, 0.4) is 0 Å². The van der Waals surface area contributed by atoms with Gasteiger partial charge in [0.25, 0.3) is 0 Å². The third-order valence-electron chi connectivity index (χ3n) is 1.29. The lowest BCUT2D eigenvalue weighted by Gasteiger charge is -2.00. The lowest BCUT2D eigenvalue weighted by molar-refractivity contribution is -0.134. The second-order valence-electron chi connectivity index (χ2n) is 2.29. The maximum Gasteiger partial charge on any atom is 0.425 e. The number of rotatable bonds is 2. The van der Waals surface area contributed by atoms with Crippen molar-refractivity contribution in [3.8, 4) is 0 Å². The molecule has 5 heteroatoms. The lowest BCUT2D eigenvalue weighted by Crippen LogP contribution is -2.03. The van der Waals surface area contributed by atoms with Crippen molar-refractivity contribution in [3.63, 3.8) is 0 Å². The summed E-state index contributed by atoms with van der Waals surface area (Å²) in [5.41, 5.74) is 0. The first kappa shape index (κ1) is 9.54. The third-order valence-corrected chi connectivity index (χ3v) is 2.42. The molecule has 0 saturated heterocycles. The summed E-state index contributed by atoms with van der Waals surface area (Å²) in [4.78, 5) is 0.164. The topological polar surface area (TPSA) is 12.0 Å². The molecule has 0 aliphatic heterocycles. The monoisotopic (exact) mass is 195 g/mol. The highest BCUT2D eigenvalue weighted by molar-refractivity contribution is 7.12. The van der Waals surface area contributed by atoms with Gasteiger partial charge in [-0.1, -0.05) is 0 Å². The van der Waals surface area contributed by atoms with Crippen LogP contribution in [0.4, 0.5) is 13.2 Å². The number of nitrogens with one attached hydrogen (secondary N) is 1. The van der Waals surface area contributed by atoms with Gasteiger partial charge in [0, 0.05) is 11.4 Å². The number of halogens is 3. The van der Waals surface area contributed by atoms with Gasteiger partial charge in [-0.15, -0.1) is 11.3 Å². The zero-order chi connectivity index (χ0) is 9.19. The van der Waals surface area contributed by atoms with E-state index in [4.69, 9.17) is 0 Å². The number of hydrogen-bond acceptors (Lipinski definition) is 2. The van der Waals surface area contributed by atoms with Gasteiger partial charge in [-0.3, -0.25) is 0 Å². The van der Waals surface area contributed by atoms with Gasteiger partial charge in [0.05, 0.1) is 0 Å². The predicted molar refractivity (Wildman–Crippen MR) is 42.1 cm³/mol. The second kappa shape index (κ2) is 3.45. The van der Waals surface area contributed by atoms with Crippen LogP contribution in [-0.4, -0.2) is 7.05 Å². The fourth-order valence-electron chi connectivity index (χ4n) is 0.800. The summed E-state index contributed by atoms with van der Waals surface area (Å²) in [5.74, 6) is 0. The first-order valence-corrected chi connectivity index (χ1v) is 4.16. The fourth-order valence-corrected chi connectivity index (χ4v) is 1.69. The molecule has 0 fully saturated rings. The van der Waals surface area contributed by atoms with Crippen molar-refractivity contribution in [2.75, 3.05) is 7.05 Å². The maximum absolute atomic E-state index is 12.0. The zero-order valence-electron chi connectivity index (χ0n) is 6.40. The minimum Gasteiger partial charge on any atom is -0.315 e. The lowest BCUT2D eigenvalue weighted by atomic mass is 10.4. The molecule has 1 N–H and O–H groups in total. The Morgan fingerprint density at radius 3 is 2.50 bits per heavy atom. The van der Waals surface area contributed by atoms with E-state index in [1.54, 1.807) is 7.05 Å². The second-order valence-corrected chi connectivity index (χ2v) is 3.46. The van der Waals surface area contributed by atoms with Crippen molar-refractivity contribution in [1.29, 1.82) is 0 Å². The molecule has 0 radical (unpaired) electrons. The Morgan fingerprint density at radius 2 is 2.08 bits per heavy atom. The number of alkyl halides is 3. The molecule has 0 amide bonds. The standard InChI is InChI=1S/C7H8F3NS/c1-11-4-5-2-3-6(12-5)7(8,9)10/h2-3,11H,4H2,1H3. The van der Waals surface area contributed by atoms with Crippen LogP contribution < -0.4 is 5.32 Å². The van der Waals surface area contributed by atoms with E-state index in [1.807, 2.05) is 0 Å². The van der Waals surface area contributed by atoms with Crippen LogP contribution in [-0.2, 0) is 12.7 Å². The van der Waals surface area contributed by atoms with Gasteiger partial charge < -0.3 is 5.32 Å². The molecule has 1 nitrogen and oxygen atoms in total. The first-order chi connectivity index (χ1) is 5.54. The van der Waals surface area contributed by atoms with E-state index < -0.39 is 11.1 Å². The van der Waals surface area contributed by atoms with Crippen LogP contribution in [0, 0.1) is 0 Å². The van der Waals surface area contributed by atoms with Gasteiger partial charge in [-0.25, -0.2) is 0 Å². The van der Waals surface area contributed by atoms with Crippen LogP contribution >= 0.6 is 11.3 Å². The molecule has 1 heterocycles. The van der Waals surface area contributed by atoms with E-state index in [2.05, 4.69) is 5.32 Å². The van der Waals surface area contributed by atoms with E-state index in [1.165, 1.54) is 6.07 Å². The van der Waals surface area contributed by atoms with Gasteiger partial charge in [-0.2, -0.15) is 13.2 Å². The minimum atomic E-state index is -4.20. The summed E-state index contributed by atoms with van der Waals surface area (Å²) >= 11 is 0.777. The van der Waals surface area contributed by atoms with Crippen LogP contribution in [0.1, 0.15) is 9.75 Å². The molecule has 1 aromatic heterocycles. The summed E-state index contributed by atoms with van der Waals surface area (Å²) in [5, 5.41) is 2.79. The van der Waals surface area contributed by atoms with Gasteiger partial charge in [0.1, 0.15) is 4.88 Å². The molecule has 0 spiro atoms. The Kier molecular flexibility index (Phi) is 2.74. The van der Waals surface area contributed by atoms with Crippen molar-refractivity contribution >= 4 is 11.3 Å². The Labute approximate surface area is 72.2 Å². The molecule has 12 heavy (non-hydrogen) atoms. The van der Waals surface area contributed by atoms with E-state index in [0.29, 0.717) is 11.4 Å². The normalized spacial score (nSPS) is 12.0. The van der Waals surface area contributed by atoms with E-state index in [9.17, 15) is 13.2 Å². The summed E-state index contributed by atoms with van der Waals surface area (Å²) in [6, 6.07) is 2.60. The SMILES string of the molecule is CNCc1ccc(C(F)(F)F)s1. The largest absolute Gasteiger partial charge is 0.425 e. The van der Waals surface area contributed by atoms with Crippen molar-refractivity contribution in [3.05, 3.63) is 21.9 Å². The molecule has 1 rings (SSSR count). The highest BCUT2D eigenvalue weighted by Gasteiger charge is 2.32. The Balaban J connectivity index is 2.77. The molecule has 0 aromatic carbocycles. The Morgan fingerprint density at radius 1 is 1.42 bits per heavy atom. The van der Waals surface area contributed by atoms with Crippen molar-refractivity contribution < 1.29 is 13.2 Å². The maximum atomic E-state index is 12.0. The molecule has 1 aromatic rings. The molecule has 0 atom stereocenters. The van der Waals surface area contributed by atoms with Gasteiger partial charge in [0.15, 0.2) is 0 Å². The molecule has 0 aliphatic carbocycles. The molecule has 0 aliphatic rings. The van der Waals surface area contributed by atoms with E-state index in [-0.39, 0.29) is 0 Å². The average molecular weight is 195 g/mol. The molecule has 68 valence electrons. The van der Waals surface area contributed by atoms with Crippen LogP contribution in [0.5, 0.6) is 0 Å². The smallest absolute Gasteiger partial charge is 0.315 e. The van der Waals surface area contributed by atoms with Gasteiger partial charge in [0.2, 0.25) is 0 Å². The van der Waals surface area contributed by atoms with Gasteiger partial charge >= 0.3 is 6.18 Å². The summed E-state index contributed by atoms with van der Waals surface area (Å²) < 4.78 is 36.1. The molecule has 0 unspecified atom stereocenters. The molecular formula is C7H8F3NS. The molecular weight excluding hydrogens is 187 g/mol.